The maximum atomic E-state index is 12.0. The van der Waals surface area contributed by atoms with Gasteiger partial charge in [-0.25, -0.2) is 0 Å². The zero-order valence-corrected chi connectivity index (χ0v) is 13.7. The normalized spacial score (nSPS) is 14.1. The van der Waals surface area contributed by atoms with Gasteiger partial charge in [-0.05, 0) is 32.0 Å². The Labute approximate surface area is 134 Å². The lowest BCUT2D eigenvalue weighted by atomic mass is 10.3. The summed E-state index contributed by atoms with van der Waals surface area (Å²) < 4.78 is 10.0. The van der Waals surface area contributed by atoms with Gasteiger partial charge < -0.3 is 25.4 Å². The SMILES string of the molecule is COc1ccc(NC(=O)[C@@H](C)O/N=C(/N)[C@H](C)OC)cc1Cl. The van der Waals surface area contributed by atoms with E-state index in [1.807, 2.05) is 0 Å². The van der Waals surface area contributed by atoms with E-state index in [9.17, 15) is 4.79 Å². The standard InChI is InChI=1S/C14H20ClN3O4/c1-8(20-3)13(16)18-22-9(2)14(19)17-10-5-6-12(21-4)11(15)7-10/h5-9H,1-4H3,(H2,16,18)(H,17,19)/t8-,9+/m0/s1. The van der Waals surface area contributed by atoms with E-state index in [1.54, 1.807) is 32.0 Å². The highest BCUT2D eigenvalue weighted by atomic mass is 35.5. The highest BCUT2D eigenvalue weighted by Gasteiger charge is 2.16. The number of carbonyl (C=O) groups excluding carboxylic acids is 1. The highest BCUT2D eigenvalue weighted by molar-refractivity contribution is 6.32. The Morgan fingerprint density at radius 1 is 1.32 bits per heavy atom. The molecule has 1 aromatic rings. The third-order valence-corrected chi connectivity index (χ3v) is 3.17. The van der Waals surface area contributed by atoms with Crippen molar-refractivity contribution < 1.29 is 19.1 Å². The van der Waals surface area contributed by atoms with Crippen molar-refractivity contribution in [3.63, 3.8) is 0 Å². The lowest BCUT2D eigenvalue weighted by molar-refractivity contribution is -0.126. The molecule has 0 aromatic heterocycles. The molecule has 122 valence electrons. The van der Waals surface area contributed by atoms with Gasteiger partial charge in [-0.3, -0.25) is 4.79 Å². The predicted molar refractivity (Wildman–Crippen MR) is 85.3 cm³/mol. The van der Waals surface area contributed by atoms with E-state index in [1.165, 1.54) is 14.2 Å². The third kappa shape index (κ3) is 5.09. The number of ether oxygens (including phenoxy) is 2. The topological polar surface area (TPSA) is 95.2 Å². The number of hydrogen-bond acceptors (Lipinski definition) is 5. The molecule has 3 N–H and O–H groups in total. The lowest BCUT2D eigenvalue weighted by Gasteiger charge is -2.13. The van der Waals surface area contributed by atoms with Crippen LogP contribution in [0.4, 0.5) is 5.69 Å². The van der Waals surface area contributed by atoms with Crippen molar-refractivity contribution in [1.29, 1.82) is 0 Å². The molecule has 0 aliphatic carbocycles. The van der Waals surface area contributed by atoms with E-state index in [4.69, 9.17) is 31.6 Å². The van der Waals surface area contributed by atoms with Crippen LogP contribution >= 0.6 is 11.6 Å². The number of halogens is 1. The molecule has 0 saturated carbocycles. The molecule has 0 spiro atoms. The fourth-order valence-corrected chi connectivity index (χ4v) is 1.63. The van der Waals surface area contributed by atoms with Gasteiger partial charge in [0.1, 0.15) is 11.9 Å². The van der Waals surface area contributed by atoms with Crippen molar-refractivity contribution in [3.8, 4) is 5.75 Å². The molecule has 1 amide bonds. The van der Waals surface area contributed by atoms with E-state index in [2.05, 4.69) is 10.5 Å². The van der Waals surface area contributed by atoms with Gasteiger partial charge in [-0.1, -0.05) is 16.8 Å². The van der Waals surface area contributed by atoms with Crippen molar-refractivity contribution >= 4 is 29.0 Å². The number of carbonyl (C=O) groups is 1. The molecule has 7 nitrogen and oxygen atoms in total. The number of nitrogens with one attached hydrogen (secondary N) is 1. The molecule has 0 unspecified atom stereocenters. The van der Waals surface area contributed by atoms with Crippen molar-refractivity contribution in [1.82, 2.24) is 0 Å². The fraction of sp³-hybridized carbons (Fsp3) is 0.429. The maximum absolute atomic E-state index is 12.0. The van der Waals surface area contributed by atoms with Crippen LogP contribution in [0.3, 0.4) is 0 Å². The number of nitrogens with zero attached hydrogens (tertiary/aromatic N) is 1. The van der Waals surface area contributed by atoms with Crippen molar-refractivity contribution in [2.45, 2.75) is 26.1 Å². The van der Waals surface area contributed by atoms with Crippen LogP contribution < -0.4 is 15.8 Å². The first-order valence-electron chi connectivity index (χ1n) is 6.55. The molecule has 8 heteroatoms. The summed E-state index contributed by atoms with van der Waals surface area (Å²) in [5.41, 5.74) is 6.14. The molecule has 0 heterocycles. The van der Waals surface area contributed by atoms with Gasteiger partial charge in [-0.15, -0.1) is 0 Å². The second-order valence-electron chi connectivity index (χ2n) is 4.48. The van der Waals surface area contributed by atoms with Crippen LogP contribution in [0.5, 0.6) is 5.75 Å². The van der Waals surface area contributed by atoms with Gasteiger partial charge >= 0.3 is 0 Å². The number of benzene rings is 1. The molecular formula is C14H20ClN3O4. The number of amidine groups is 1. The van der Waals surface area contributed by atoms with Gasteiger partial charge in [0.2, 0.25) is 6.10 Å². The third-order valence-electron chi connectivity index (χ3n) is 2.87. The van der Waals surface area contributed by atoms with Gasteiger partial charge in [-0.2, -0.15) is 0 Å². The van der Waals surface area contributed by atoms with Crippen LogP contribution in [0.1, 0.15) is 13.8 Å². The first-order chi connectivity index (χ1) is 10.4. The number of anilines is 1. The number of hydrogen-bond donors (Lipinski definition) is 2. The molecule has 2 atom stereocenters. The first kappa shape index (κ1) is 18.1. The number of nitrogens with two attached hydrogens (primary N) is 1. The molecule has 22 heavy (non-hydrogen) atoms. The lowest BCUT2D eigenvalue weighted by Crippen LogP contribution is -2.31. The largest absolute Gasteiger partial charge is 0.495 e. The second kappa shape index (κ2) is 8.45. The number of amides is 1. The number of methoxy groups -OCH3 is 2. The predicted octanol–water partition coefficient (Wildman–Crippen LogP) is 2.00. The molecule has 0 bridgehead atoms. The summed E-state index contributed by atoms with van der Waals surface area (Å²) in [6.45, 7) is 3.26. The Balaban J connectivity index is 2.63. The van der Waals surface area contributed by atoms with Gasteiger partial charge in [0.05, 0.1) is 12.1 Å². The molecular weight excluding hydrogens is 310 g/mol. The van der Waals surface area contributed by atoms with Crippen LogP contribution in [-0.4, -0.2) is 38.2 Å². The number of rotatable bonds is 7. The second-order valence-corrected chi connectivity index (χ2v) is 4.89. The molecule has 0 saturated heterocycles. The summed E-state index contributed by atoms with van der Waals surface area (Å²) in [4.78, 5) is 17.0. The average molecular weight is 330 g/mol. The zero-order chi connectivity index (χ0) is 16.7. The van der Waals surface area contributed by atoms with E-state index >= 15 is 0 Å². The van der Waals surface area contributed by atoms with E-state index in [-0.39, 0.29) is 11.7 Å². The maximum Gasteiger partial charge on any atom is 0.267 e. The molecule has 0 fully saturated rings. The van der Waals surface area contributed by atoms with Gasteiger partial charge in [0.25, 0.3) is 5.91 Å². The summed E-state index contributed by atoms with van der Waals surface area (Å²) in [5.74, 6) is 0.285. The van der Waals surface area contributed by atoms with Crippen LogP contribution in [0.25, 0.3) is 0 Å². The smallest absolute Gasteiger partial charge is 0.267 e. The molecule has 0 aliphatic rings. The Kier molecular flexibility index (Phi) is 6.94. The van der Waals surface area contributed by atoms with Crippen LogP contribution in [-0.2, 0) is 14.4 Å². The minimum Gasteiger partial charge on any atom is -0.495 e. The summed E-state index contributed by atoms with van der Waals surface area (Å²) in [6, 6.07) is 4.90. The zero-order valence-electron chi connectivity index (χ0n) is 12.9. The summed E-state index contributed by atoms with van der Waals surface area (Å²) in [7, 11) is 3.01. The van der Waals surface area contributed by atoms with Crippen LogP contribution in [0.15, 0.2) is 23.4 Å². The summed E-state index contributed by atoms with van der Waals surface area (Å²) in [6.07, 6.45) is -1.22. The Hall–Kier alpha value is -1.99. The highest BCUT2D eigenvalue weighted by Crippen LogP contribution is 2.27. The minimum absolute atomic E-state index is 0.148. The number of oxime groups is 1. The van der Waals surface area contributed by atoms with Gasteiger partial charge in [0, 0.05) is 12.8 Å². The van der Waals surface area contributed by atoms with Crippen molar-refractivity contribution in [2.24, 2.45) is 10.9 Å². The van der Waals surface area contributed by atoms with Crippen molar-refractivity contribution in [2.75, 3.05) is 19.5 Å². The molecule has 1 rings (SSSR count). The van der Waals surface area contributed by atoms with E-state index < -0.39 is 12.2 Å². The van der Waals surface area contributed by atoms with E-state index in [0.29, 0.717) is 16.5 Å². The van der Waals surface area contributed by atoms with E-state index in [0.717, 1.165) is 0 Å². The first-order valence-corrected chi connectivity index (χ1v) is 6.93. The average Bonchev–Trinajstić information content (AvgIpc) is 2.51. The van der Waals surface area contributed by atoms with Crippen LogP contribution in [0, 0.1) is 0 Å². The minimum atomic E-state index is -0.830. The molecule has 0 radical (unpaired) electrons. The summed E-state index contributed by atoms with van der Waals surface area (Å²) in [5, 5.41) is 6.71. The summed E-state index contributed by atoms with van der Waals surface area (Å²) >= 11 is 5.99. The quantitative estimate of drug-likeness (QED) is 0.453. The molecule has 0 aliphatic heterocycles. The van der Waals surface area contributed by atoms with Crippen molar-refractivity contribution in [3.05, 3.63) is 23.2 Å². The fourth-order valence-electron chi connectivity index (χ4n) is 1.37. The monoisotopic (exact) mass is 329 g/mol. The van der Waals surface area contributed by atoms with Crippen LogP contribution in [0.2, 0.25) is 5.02 Å². The van der Waals surface area contributed by atoms with Gasteiger partial charge in [0.15, 0.2) is 5.84 Å². The molecule has 1 aromatic carbocycles. The Morgan fingerprint density at radius 2 is 2.00 bits per heavy atom. The Bertz CT molecular complexity index is 551. The Morgan fingerprint density at radius 3 is 2.55 bits per heavy atom.